The van der Waals surface area contributed by atoms with E-state index in [2.05, 4.69) is 15.3 Å². The number of nitrogens with zero attached hydrogens (tertiary/aromatic N) is 5. The van der Waals surface area contributed by atoms with Crippen molar-refractivity contribution in [3.8, 4) is 0 Å². The third-order valence-electron chi connectivity index (χ3n) is 3.70. The Balaban J connectivity index is 1.61. The van der Waals surface area contributed by atoms with E-state index in [1.54, 1.807) is 0 Å². The molecule has 6 heteroatoms. The van der Waals surface area contributed by atoms with Crippen LogP contribution in [0, 0.1) is 0 Å². The van der Waals surface area contributed by atoms with Crippen molar-refractivity contribution in [1.82, 2.24) is 25.0 Å². The van der Waals surface area contributed by atoms with Gasteiger partial charge in [0.1, 0.15) is 12.4 Å². The van der Waals surface area contributed by atoms with Gasteiger partial charge in [-0.25, -0.2) is 9.67 Å². The van der Waals surface area contributed by atoms with Crippen LogP contribution in [0.5, 0.6) is 0 Å². The highest BCUT2D eigenvalue weighted by molar-refractivity contribution is 5.12. The lowest BCUT2D eigenvalue weighted by atomic mass is 10.4. The highest BCUT2D eigenvalue weighted by Gasteiger charge is 2.34. The Morgan fingerprint density at radius 3 is 2.47 bits per heavy atom. The number of aryl methyl sites for hydroxylation is 1. The third-order valence-corrected chi connectivity index (χ3v) is 3.70. The first-order valence-corrected chi connectivity index (χ1v) is 7.09. The lowest BCUT2D eigenvalue weighted by molar-refractivity contribution is 0.428. The number of rotatable bonds is 5. The molecule has 0 aliphatic heterocycles. The van der Waals surface area contributed by atoms with Crippen LogP contribution >= 0.6 is 0 Å². The van der Waals surface area contributed by atoms with Gasteiger partial charge in [0, 0.05) is 18.3 Å². The Morgan fingerprint density at radius 2 is 1.84 bits per heavy atom. The van der Waals surface area contributed by atoms with E-state index in [1.807, 2.05) is 11.6 Å². The minimum atomic E-state index is 0.554. The van der Waals surface area contributed by atoms with Gasteiger partial charge in [0.15, 0.2) is 5.82 Å². The van der Waals surface area contributed by atoms with Gasteiger partial charge in [-0.2, -0.15) is 5.10 Å². The molecular weight excluding hydrogens is 242 g/mol. The molecule has 0 amide bonds. The standard InChI is InChI=1S/C13H17N5O/c1-2-10-15-16-11(19-10)7-18-13(9-5-6-9)14-12(17-18)8-3-4-8/h8-9H,2-7H2,1H3. The molecular formula is C13H17N5O. The van der Waals surface area contributed by atoms with E-state index in [0.29, 0.717) is 30.2 Å². The van der Waals surface area contributed by atoms with Crippen LogP contribution in [0.3, 0.4) is 0 Å². The van der Waals surface area contributed by atoms with Crippen LogP contribution in [-0.2, 0) is 13.0 Å². The highest BCUT2D eigenvalue weighted by Crippen LogP contribution is 2.42. The summed E-state index contributed by atoms with van der Waals surface area (Å²) in [5, 5.41) is 12.7. The molecule has 0 unspecified atom stereocenters. The Bertz CT molecular complexity index is 594. The summed E-state index contributed by atoms with van der Waals surface area (Å²) in [5.41, 5.74) is 0. The van der Waals surface area contributed by atoms with E-state index in [4.69, 9.17) is 9.40 Å². The molecule has 2 aromatic heterocycles. The summed E-state index contributed by atoms with van der Waals surface area (Å²) in [4.78, 5) is 4.72. The van der Waals surface area contributed by atoms with Gasteiger partial charge in [0.05, 0.1) is 0 Å². The summed E-state index contributed by atoms with van der Waals surface area (Å²) >= 11 is 0. The molecule has 6 nitrogen and oxygen atoms in total. The molecule has 2 aromatic rings. The second kappa shape index (κ2) is 4.15. The molecule has 0 spiro atoms. The molecule has 2 heterocycles. The van der Waals surface area contributed by atoms with E-state index in [-0.39, 0.29) is 0 Å². The molecule has 0 bridgehead atoms. The summed E-state index contributed by atoms with van der Waals surface area (Å²) in [5.74, 6) is 4.62. The number of hydrogen-bond donors (Lipinski definition) is 0. The SMILES string of the molecule is CCc1nnc(Cn2nc(C3CC3)nc2C2CC2)o1. The van der Waals surface area contributed by atoms with Crippen molar-refractivity contribution in [1.29, 1.82) is 0 Å². The highest BCUT2D eigenvalue weighted by atomic mass is 16.4. The van der Waals surface area contributed by atoms with E-state index < -0.39 is 0 Å². The minimum Gasteiger partial charge on any atom is -0.423 e. The lowest BCUT2D eigenvalue weighted by Crippen LogP contribution is -2.06. The van der Waals surface area contributed by atoms with Crippen molar-refractivity contribution in [3.63, 3.8) is 0 Å². The van der Waals surface area contributed by atoms with Gasteiger partial charge in [-0.3, -0.25) is 0 Å². The molecule has 0 aromatic carbocycles. The van der Waals surface area contributed by atoms with E-state index in [1.165, 1.54) is 25.7 Å². The fourth-order valence-corrected chi connectivity index (χ4v) is 2.27. The monoisotopic (exact) mass is 259 g/mol. The maximum atomic E-state index is 5.57. The van der Waals surface area contributed by atoms with Crippen molar-refractivity contribution in [2.75, 3.05) is 0 Å². The van der Waals surface area contributed by atoms with Crippen molar-refractivity contribution >= 4 is 0 Å². The molecule has 2 aliphatic rings. The van der Waals surface area contributed by atoms with Gasteiger partial charge >= 0.3 is 0 Å². The molecule has 100 valence electrons. The molecule has 4 rings (SSSR count). The van der Waals surface area contributed by atoms with E-state index >= 15 is 0 Å². The molecule has 0 saturated heterocycles. The third kappa shape index (κ3) is 2.15. The van der Waals surface area contributed by atoms with Crippen molar-refractivity contribution in [3.05, 3.63) is 23.4 Å². The van der Waals surface area contributed by atoms with Crippen LogP contribution in [0.4, 0.5) is 0 Å². The van der Waals surface area contributed by atoms with Crippen molar-refractivity contribution < 1.29 is 4.42 Å². The van der Waals surface area contributed by atoms with Gasteiger partial charge in [0.2, 0.25) is 11.8 Å². The first-order chi connectivity index (χ1) is 9.33. The van der Waals surface area contributed by atoms with Crippen LogP contribution in [0.15, 0.2) is 4.42 Å². The van der Waals surface area contributed by atoms with Gasteiger partial charge in [-0.1, -0.05) is 6.92 Å². The number of aromatic nitrogens is 5. The summed E-state index contributed by atoms with van der Waals surface area (Å²) in [6.45, 7) is 2.56. The average molecular weight is 259 g/mol. The Labute approximate surface area is 111 Å². The molecule has 19 heavy (non-hydrogen) atoms. The fourth-order valence-electron chi connectivity index (χ4n) is 2.27. The lowest BCUT2D eigenvalue weighted by Gasteiger charge is -2.00. The van der Waals surface area contributed by atoms with Gasteiger partial charge in [-0.05, 0) is 25.7 Å². The van der Waals surface area contributed by atoms with Crippen LogP contribution in [-0.4, -0.2) is 25.0 Å². The summed E-state index contributed by atoms with van der Waals surface area (Å²) in [6, 6.07) is 0. The molecule has 0 radical (unpaired) electrons. The van der Waals surface area contributed by atoms with Crippen LogP contribution in [0.1, 0.15) is 67.9 Å². The smallest absolute Gasteiger partial charge is 0.238 e. The zero-order valence-corrected chi connectivity index (χ0v) is 11.0. The summed E-state index contributed by atoms with van der Waals surface area (Å²) in [7, 11) is 0. The summed E-state index contributed by atoms with van der Waals surface area (Å²) < 4.78 is 7.54. The second-order valence-corrected chi connectivity index (χ2v) is 5.48. The minimum absolute atomic E-state index is 0.554. The molecule has 2 saturated carbocycles. The first kappa shape index (κ1) is 11.1. The predicted molar refractivity (Wildman–Crippen MR) is 66.8 cm³/mol. The normalized spacial score (nSPS) is 19.0. The topological polar surface area (TPSA) is 69.6 Å². The maximum Gasteiger partial charge on any atom is 0.238 e. The van der Waals surface area contributed by atoms with E-state index in [0.717, 1.165) is 18.1 Å². The Kier molecular flexibility index (Phi) is 2.43. The van der Waals surface area contributed by atoms with Crippen LogP contribution in [0.2, 0.25) is 0 Å². The molecule has 2 aliphatic carbocycles. The Hall–Kier alpha value is -1.72. The quantitative estimate of drug-likeness (QED) is 0.821. The first-order valence-electron chi connectivity index (χ1n) is 7.09. The Morgan fingerprint density at radius 1 is 1.11 bits per heavy atom. The van der Waals surface area contributed by atoms with Gasteiger partial charge in [-0.15, -0.1) is 10.2 Å². The summed E-state index contributed by atoms with van der Waals surface area (Å²) in [6.07, 6.45) is 5.69. The maximum absolute atomic E-state index is 5.57. The zero-order valence-electron chi connectivity index (χ0n) is 11.0. The van der Waals surface area contributed by atoms with Gasteiger partial charge in [0.25, 0.3) is 0 Å². The van der Waals surface area contributed by atoms with Crippen molar-refractivity contribution in [2.24, 2.45) is 0 Å². The molecule has 0 atom stereocenters. The second-order valence-electron chi connectivity index (χ2n) is 5.48. The zero-order chi connectivity index (χ0) is 12.8. The molecule has 0 N–H and O–H groups in total. The van der Waals surface area contributed by atoms with Crippen molar-refractivity contribution in [2.45, 2.75) is 57.4 Å². The van der Waals surface area contributed by atoms with E-state index in [9.17, 15) is 0 Å². The van der Waals surface area contributed by atoms with Gasteiger partial charge < -0.3 is 4.42 Å². The van der Waals surface area contributed by atoms with Crippen LogP contribution in [0.25, 0.3) is 0 Å². The predicted octanol–water partition coefficient (Wildman–Crippen LogP) is 2.03. The largest absolute Gasteiger partial charge is 0.423 e. The van der Waals surface area contributed by atoms with Crippen LogP contribution < -0.4 is 0 Å². The fraction of sp³-hybridized carbons (Fsp3) is 0.692. The average Bonchev–Trinajstić information content (AvgIpc) is 3.35. The molecule has 2 fully saturated rings. The number of hydrogen-bond acceptors (Lipinski definition) is 5.